The minimum Gasteiger partial charge on any atom is -0.481 e. The third kappa shape index (κ3) is 3.51. The van der Waals surface area contributed by atoms with Crippen LogP contribution in [0.3, 0.4) is 0 Å². The molecule has 0 bridgehead atoms. The average Bonchev–Trinajstić information content (AvgIpc) is 2.73. The number of pyridine rings is 2. The van der Waals surface area contributed by atoms with Crippen molar-refractivity contribution in [3.8, 4) is 22.9 Å². The second-order valence-electron chi connectivity index (χ2n) is 9.14. The molecule has 1 aromatic carbocycles. The van der Waals surface area contributed by atoms with Crippen LogP contribution in [0.2, 0.25) is 0 Å². The van der Waals surface area contributed by atoms with Gasteiger partial charge in [-0.2, -0.15) is 8.78 Å². The fourth-order valence-corrected chi connectivity index (χ4v) is 4.81. The molecule has 0 fully saturated rings. The largest absolute Gasteiger partial charge is 0.481 e. The first-order chi connectivity index (χ1) is 15.5. The van der Waals surface area contributed by atoms with Gasteiger partial charge in [-0.05, 0) is 35.4 Å². The number of ether oxygens (including phenoxy) is 2. The molecule has 2 aromatic heterocycles. The lowest BCUT2D eigenvalue weighted by Crippen LogP contribution is -2.35. The van der Waals surface area contributed by atoms with Crippen LogP contribution in [-0.4, -0.2) is 34.3 Å². The van der Waals surface area contributed by atoms with Gasteiger partial charge in [0.25, 0.3) is 0 Å². The molecule has 1 N–H and O–H groups in total. The molecule has 9 heteroatoms. The highest BCUT2D eigenvalue weighted by molar-refractivity contribution is 5.96. The summed E-state index contributed by atoms with van der Waals surface area (Å²) < 4.78 is 38.0. The zero-order valence-corrected chi connectivity index (χ0v) is 18.9. The van der Waals surface area contributed by atoms with Crippen molar-refractivity contribution in [3.63, 3.8) is 0 Å². The minimum atomic E-state index is -3.06. The maximum atomic E-state index is 13.5. The number of carboxylic acids is 1. The summed E-state index contributed by atoms with van der Waals surface area (Å²) >= 11 is 0. The quantitative estimate of drug-likeness (QED) is 0.615. The Bertz CT molecular complexity index is 1340. The number of aromatic carboxylic acids is 1. The fraction of sp³-hybridized carbons (Fsp3) is 0.375. The summed E-state index contributed by atoms with van der Waals surface area (Å²) in [5.41, 5.74) is 0.879. The van der Waals surface area contributed by atoms with Crippen LogP contribution in [-0.2, 0) is 13.5 Å². The van der Waals surface area contributed by atoms with Gasteiger partial charge in [-0.3, -0.25) is 9.78 Å². The second-order valence-corrected chi connectivity index (χ2v) is 9.14. The van der Waals surface area contributed by atoms with E-state index < -0.39 is 29.0 Å². The summed E-state index contributed by atoms with van der Waals surface area (Å²) in [6.07, 6.45) is 1.91. The third-order valence-electron chi connectivity index (χ3n) is 6.23. The summed E-state index contributed by atoms with van der Waals surface area (Å²) in [5, 5.41) is 10.4. The van der Waals surface area contributed by atoms with Gasteiger partial charge in [-0.25, -0.2) is 4.79 Å². The van der Waals surface area contributed by atoms with Crippen LogP contribution in [0.15, 0.2) is 29.2 Å². The Morgan fingerprint density at radius 2 is 2.03 bits per heavy atom. The number of carboxylic acid groups (broad SMARTS) is 1. The number of carbonyl (C=O) groups is 1. The van der Waals surface area contributed by atoms with Gasteiger partial charge in [0.05, 0.1) is 12.8 Å². The number of nitrogens with zero attached hydrogens (tertiary/aromatic N) is 2. The van der Waals surface area contributed by atoms with Gasteiger partial charge in [-0.1, -0.05) is 26.8 Å². The van der Waals surface area contributed by atoms with E-state index in [0.717, 1.165) is 5.56 Å². The van der Waals surface area contributed by atoms with E-state index in [9.17, 15) is 23.5 Å². The van der Waals surface area contributed by atoms with Crippen molar-refractivity contribution in [2.24, 2.45) is 12.5 Å². The first kappa shape index (κ1) is 22.7. The van der Waals surface area contributed by atoms with Gasteiger partial charge < -0.3 is 19.1 Å². The lowest BCUT2D eigenvalue weighted by atomic mass is 9.67. The lowest BCUT2D eigenvalue weighted by molar-refractivity contribution is -0.0489. The number of hydrogen-bond donors (Lipinski definition) is 1. The summed E-state index contributed by atoms with van der Waals surface area (Å²) in [6, 6.07) is 4.95. The van der Waals surface area contributed by atoms with Gasteiger partial charge in [0.1, 0.15) is 5.52 Å². The van der Waals surface area contributed by atoms with E-state index >= 15 is 0 Å². The van der Waals surface area contributed by atoms with Crippen molar-refractivity contribution in [1.29, 1.82) is 0 Å². The van der Waals surface area contributed by atoms with Crippen LogP contribution >= 0.6 is 0 Å². The predicted molar refractivity (Wildman–Crippen MR) is 118 cm³/mol. The standard InChI is InChI=1S/C24H24F2N2O5/c1-24(2,3)14-9-12-11-7-6-8-27-18(11)15(33-23(25)26)10-13(12)19-16(14)20(29)17(22(30)31)21(32-5)28(19)4/h6-8,10,14,23H,9H2,1-5H3,(H,30,31)/t14-/m1/s1. The summed E-state index contributed by atoms with van der Waals surface area (Å²) in [4.78, 5) is 29.8. The van der Waals surface area contributed by atoms with Gasteiger partial charge in [0.15, 0.2) is 11.3 Å². The van der Waals surface area contributed by atoms with Crippen LogP contribution in [0.25, 0.3) is 22.2 Å². The molecule has 0 spiro atoms. The van der Waals surface area contributed by atoms with Crippen molar-refractivity contribution in [2.45, 2.75) is 39.7 Å². The smallest absolute Gasteiger partial charge is 0.387 e. The van der Waals surface area contributed by atoms with Gasteiger partial charge in [0, 0.05) is 29.8 Å². The van der Waals surface area contributed by atoms with Crippen molar-refractivity contribution in [3.05, 3.63) is 51.3 Å². The number of benzene rings is 1. The Kier molecular flexibility index (Phi) is 5.38. The molecular weight excluding hydrogens is 434 g/mol. The van der Waals surface area contributed by atoms with E-state index in [1.54, 1.807) is 19.2 Å². The SMILES string of the molecule is COc1c(C(=O)O)c(=O)c2c(n1C)-c1cc(OC(F)F)c3ncccc3c1C[C@H]2C(C)(C)C. The molecule has 7 nitrogen and oxygen atoms in total. The molecule has 0 unspecified atom stereocenters. The zero-order valence-electron chi connectivity index (χ0n) is 18.9. The van der Waals surface area contributed by atoms with Crippen LogP contribution < -0.4 is 14.9 Å². The van der Waals surface area contributed by atoms with E-state index in [1.807, 2.05) is 20.8 Å². The molecule has 0 saturated heterocycles. The molecule has 33 heavy (non-hydrogen) atoms. The van der Waals surface area contributed by atoms with E-state index in [0.29, 0.717) is 34.1 Å². The number of alkyl halides is 2. The van der Waals surface area contributed by atoms with E-state index in [4.69, 9.17) is 9.47 Å². The zero-order chi connectivity index (χ0) is 24.2. The molecule has 2 heterocycles. The first-order valence-corrected chi connectivity index (χ1v) is 10.4. The normalized spacial score (nSPS) is 15.3. The van der Waals surface area contributed by atoms with E-state index in [2.05, 4.69) is 4.98 Å². The van der Waals surface area contributed by atoms with Crippen LogP contribution in [0.1, 0.15) is 48.2 Å². The van der Waals surface area contributed by atoms with Crippen molar-refractivity contribution in [1.82, 2.24) is 9.55 Å². The number of halogens is 2. The highest BCUT2D eigenvalue weighted by Gasteiger charge is 2.40. The Hall–Kier alpha value is -3.49. The van der Waals surface area contributed by atoms with Crippen LogP contribution in [0.4, 0.5) is 8.78 Å². The topological polar surface area (TPSA) is 90.7 Å². The Morgan fingerprint density at radius 1 is 1.33 bits per heavy atom. The van der Waals surface area contributed by atoms with Gasteiger partial charge >= 0.3 is 12.6 Å². The molecule has 4 rings (SSSR count). The van der Waals surface area contributed by atoms with Crippen molar-refractivity contribution >= 4 is 16.9 Å². The number of hydrogen-bond acceptors (Lipinski definition) is 5. The van der Waals surface area contributed by atoms with E-state index in [1.165, 1.54) is 23.9 Å². The number of fused-ring (bicyclic) bond motifs is 5. The average molecular weight is 458 g/mol. The molecule has 174 valence electrons. The lowest BCUT2D eigenvalue weighted by Gasteiger charge is -2.38. The fourth-order valence-electron chi connectivity index (χ4n) is 4.81. The Morgan fingerprint density at radius 3 is 2.61 bits per heavy atom. The number of rotatable bonds is 4. The highest BCUT2D eigenvalue weighted by atomic mass is 19.3. The monoisotopic (exact) mass is 458 g/mol. The highest BCUT2D eigenvalue weighted by Crippen LogP contribution is 2.50. The molecule has 0 saturated carbocycles. The van der Waals surface area contributed by atoms with Crippen molar-refractivity contribution < 1.29 is 28.2 Å². The molecule has 0 aliphatic heterocycles. The summed E-state index contributed by atoms with van der Waals surface area (Å²) in [7, 11) is 2.88. The molecule has 1 aliphatic rings. The number of methoxy groups -OCH3 is 1. The van der Waals surface area contributed by atoms with Gasteiger partial charge in [-0.15, -0.1) is 0 Å². The summed E-state index contributed by atoms with van der Waals surface area (Å²) in [6.45, 7) is 2.87. The van der Waals surface area contributed by atoms with Crippen molar-refractivity contribution in [2.75, 3.05) is 7.11 Å². The Balaban J connectivity index is 2.21. The first-order valence-electron chi connectivity index (χ1n) is 10.4. The molecule has 3 aromatic rings. The third-order valence-corrected chi connectivity index (χ3v) is 6.23. The molecular formula is C24H24F2N2O5. The van der Waals surface area contributed by atoms with Crippen LogP contribution in [0.5, 0.6) is 11.6 Å². The summed E-state index contributed by atoms with van der Waals surface area (Å²) in [5.74, 6) is -1.96. The number of aromatic nitrogens is 2. The molecule has 0 radical (unpaired) electrons. The maximum absolute atomic E-state index is 13.5. The van der Waals surface area contributed by atoms with E-state index in [-0.39, 0.29) is 17.5 Å². The minimum absolute atomic E-state index is 0.116. The van der Waals surface area contributed by atoms with Crippen LogP contribution in [0, 0.1) is 5.41 Å². The molecule has 1 aliphatic carbocycles. The molecule has 0 amide bonds. The maximum Gasteiger partial charge on any atom is 0.387 e. The Labute approximate surface area is 188 Å². The molecule has 1 atom stereocenters. The predicted octanol–water partition coefficient (Wildman–Crippen LogP) is 4.59. The second kappa shape index (κ2) is 7.83. The van der Waals surface area contributed by atoms with Gasteiger partial charge in [0.2, 0.25) is 11.3 Å².